The summed E-state index contributed by atoms with van der Waals surface area (Å²) in [7, 11) is 0. The van der Waals surface area contributed by atoms with E-state index in [2.05, 4.69) is 62.3 Å². The van der Waals surface area contributed by atoms with Gasteiger partial charge in [-0.05, 0) is 33.3 Å². The highest BCUT2D eigenvalue weighted by Gasteiger charge is 2.13. The largest absolute Gasteiger partial charge is 0.302 e. The Balaban J connectivity index is 2.02. The van der Waals surface area contributed by atoms with Gasteiger partial charge in [-0.2, -0.15) is 0 Å². The monoisotopic (exact) mass is 260 g/mol. The zero-order valence-corrected chi connectivity index (χ0v) is 12.2. The fourth-order valence-electron chi connectivity index (χ4n) is 1.97. The maximum atomic E-state index is 4.43. The standard InChI is InChI=1S/C15H20N2S/c1-10-5-7-14(8-6-10)12(3)17-13(4)15-16-9-11(2)18-15/h5-9,12-13,17H,1-4H3. The van der Waals surface area contributed by atoms with Gasteiger partial charge in [-0.1, -0.05) is 29.8 Å². The molecule has 0 bridgehead atoms. The Morgan fingerprint density at radius 3 is 2.28 bits per heavy atom. The summed E-state index contributed by atoms with van der Waals surface area (Å²) in [6.07, 6.45) is 1.94. The second-order valence-corrected chi connectivity index (χ2v) is 6.10. The third-order valence-electron chi connectivity index (χ3n) is 3.09. The first-order valence-electron chi connectivity index (χ1n) is 6.31. The minimum Gasteiger partial charge on any atom is -0.302 e. The number of thiazole rings is 1. The summed E-state index contributed by atoms with van der Waals surface area (Å²) in [6, 6.07) is 9.32. The number of hydrogen-bond acceptors (Lipinski definition) is 3. The van der Waals surface area contributed by atoms with E-state index in [1.807, 2.05) is 6.20 Å². The van der Waals surface area contributed by atoms with Crippen molar-refractivity contribution in [3.05, 3.63) is 51.5 Å². The molecule has 2 nitrogen and oxygen atoms in total. The molecule has 96 valence electrons. The highest BCUT2D eigenvalue weighted by atomic mass is 32.1. The van der Waals surface area contributed by atoms with Crippen LogP contribution in [-0.4, -0.2) is 4.98 Å². The van der Waals surface area contributed by atoms with Crippen LogP contribution in [0.1, 0.15) is 46.9 Å². The molecule has 0 saturated carbocycles. The lowest BCUT2D eigenvalue weighted by Crippen LogP contribution is -2.22. The molecule has 2 aromatic rings. The van der Waals surface area contributed by atoms with Gasteiger partial charge in [-0.15, -0.1) is 11.3 Å². The quantitative estimate of drug-likeness (QED) is 0.892. The van der Waals surface area contributed by atoms with Gasteiger partial charge in [0.2, 0.25) is 0 Å². The summed E-state index contributed by atoms with van der Waals surface area (Å²) in [6.45, 7) is 8.57. The third-order valence-corrected chi connectivity index (χ3v) is 4.18. The molecule has 2 rings (SSSR count). The molecule has 1 heterocycles. The second kappa shape index (κ2) is 5.63. The molecule has 0 aliphatic heterocycles. The van der Waals surface area contributed by atoms with E-state index in [0.29, 0.717) is 12.1 Å². The Morgan fingerprint density at radius 2 is 1.72 bits per heavy atom. The van der Waals surface area contributed by atoms with Gasteiger partial charge in [0.1, 0.15) is 5.01 Å². The first-order valence-corrected chi connectivity index (χ1v) is 7.13. The van der Waals surface area contributed by atoms with Crippen molar-refractivity contribution in [2.75, 3.05) is 0 Å². The fourth-order valence-corrected chi connectivity index (χ4v) is 2.76. The molecule has 0 spiro atoms. The Bertz CT molecular complexity index is 501. The van der Waals surface area contributed by atoms with Crippen LogP contribution in [0.4, 0.5) is 0 Å². The summed E-state index contributed by atoms with van der Waals surface area (Å²) in [5.41, 5.74) is 2.62. The summed E-state index contributed by atoms with van der Waals surface area (Å²) in [4.78, 5) is 5.70. The number of hydrogen-bond donors (Lipinski definition) is 1. The summed E-state index contributed by atoms with van der Waals surface area (Å²) < 4.78 is 0. The molecule has 1 aromatic carbocycles. The molecule has 0 fully saturated rings. The van der Waals surface area contributed by atoms with Crippen molar-refractivity contribution >= 4 is 11.3 Å². The molecule has 0 aliphatic carbocycles. The van der Waals surface area contributed by atoms with Gasteiger partial charge in [0.05, 0.1) is 6.04 Å². The molecule has 1 aromatic heterocycles. The van der Waals surface area contributed by atoms with E-state index in [0.717, 1.165) is 5.01 Å². The van der Waals surface area contributed by atoms with Crippen LogP contribution in [0.3, 0.4) is 0 Å². The smallest absolute Gasteiger partial charge is 0.109 e. The Morgan fingerprint density at radius 1 is 1.06 bits per heavy atom. The van der Waals surface area contributed by atoms with Gasteiger partial charge in [-0.3, -0.25) is 0 Å². The summed E-state index contributed by atoms with van der Waals surface area (Å²) in [5.74, 6) is 0. The van der Waals surface area contributed by atoms with Gasteiger partial charge in [0, 0.05) is 17.1 Å². The lowest BCUT2D eigenvalue weighted by molar-refractivity contribution is 0.493. The zero-order chi connectivity index (χ0) is 13.1. The lowest BCUT2D eigenvalue weighted by atomic mass is 10.1. The first-order chi connectivity index (χ1) is 8.56. The molecule has 2 unspecified atom stereocenters. The molecule has 1 N–H and O–H groups in total. The number of aryl methyl sites for hydroxylation is 2. The molecule has 0 aliphatic rings. The van der Waals surface area contributed by atoms with E-state index < -0.39 is 0 Å². The molecular formula is C15H20N2S. The van der Waals surface area contributed by atoms with Crippen molar-refractivity contribution in [3.8, 4) is 0 Å². The van der Waals surface area contributed by atoms with Gasteiger partial charge in [0.25, 0.3) is 0 Å². The van der Waals surface area contributed by atoms with Crippen LogP contribution in [0.25, 0.3) is 0 Å². The Hall–Kier alpha value is -1.19. The van der Waals surface area contributed by atoms with E-state index in [1.54, 1.807) is 11.3 Å². The van der Waals surface area contributed by atoms with Crippen LogP contribution in [0.15, 0.2) is 30.5 Å². The van der Waals surface area contributed by atoms with Crippen LogP contribution < -0.4 is 5.32 Å². The lowest BCUT2D eigenvalue weighted by Gasteiger charge is -2.19. The molecule has 3 heteroatoms. The van der Waals surface area contributed by atoms with Crippen LogP contribution in [0.5, 0.6) is 0 Å². The van der Waals surface area contributed by atoms with Crippen LogP contribution in [0, 0.1) is 13.8 Å². The third kappa shape index (κ3) is 3.18. The molecule has 0 saturated heterocycles. The van der Waals surface area contributed by atoms with Crippen molar-refractivity contribution in [2.45, 2.75) is 39.8 Å². The number of aromatic nitrogens is 1. The molecule has 0 amide bonds. The van der Waals surface area contributed by atoms with E-state index in [4.69, 9.17) is 0 Å². The number of benzene rings is 1. The van der Waals surface area contributed by atoms with Crippen LogP contribution in [0.2, 0.25) is 0 Å². The van der Waals surface area contributed by atoms with Crippen molar-refractivity contribution in [1.82, 2.24) is 10.3 Å². The number of nitrogens with one attached hydrogen (secondary N) is 1. The second-order valence-electron chi connectivity index (χ2n) is 4.83. The minimum atomic E-state index is 0.292. The van der Waals surface area contributed by atoms with Gasteiger partial charge >= 0.3 is 0 Å². The van der Waals surface area contributed by atoms with Crippen molar-refractivity contribution in [2.24, 2.45) is 0 Å². The predicted octanol–water partition coefficient (Wildman–Crippen LogP) is 4.17. The minimum absolute atomic E-state index is 0.292. The van der Waals surface area contributed by atoms with Crippen molar-refractivity contribution in [3.63, 3.8) is 0 Å². The summed E-state index contributed by atoms with van der Waals surface area (Å²) >= 11 is 1.76. The fraction of sp³-hybridized carbons (Fsp3) is 0.400. The molecule has 18 heavy (non-hydrogen) atoms. The summed E-state index contributed by atoms with van der Waals surface area (Å²) in [5, 5.41) is 4.75. The molecule has 2 atom stereocenters. The van der Waals surface area contributed by atoms with Gasteiger partial charge < -0.3 is 5.32 Å². The van der Waals surface area contributed by atoms with E-state index in [9.17, 15) is 0 Å². The van der Waals surface area contributed by atoms with Crippen molar-refractivity contribution in [1.29, 1.82) is 0 Å². The normalized spacial score (nSPS) is 14.4. The first kappa shape index (κ1) is 13.2. The predicted molar refractivity (Wildman–Crippen MR) is 78.0 cm³/mol. The van der Waals surface area contributed by atoms with E-state index >= 15 is 0 Å². The highest BCUT2D eigenvalue weighted by molar-refractivity contribution is 7.11. The molecule has 0 radical (unpaired) electrons. The maximum absolute atomic E-state index is 4.43. The average Bonchev–Trinajstić information content (AvgIpc) is 2.76. The Labute approximate surface area is 113 Å². The SMILES string of the molecule is Cc1ccc(C(C)NC(C)c2ncc(C)s2)cc1. The maximum Gasteiger partial charge on any atom is 0.109 e. The van der Waals surface area contributed by atoms with Gasteiger partial charge in [0.15, 0.2) is 0 Å². The van der Waals surface area contributed by atoms with E-state index in [1.165, 1.54) is 16.0 Å². The Kier molecular flexibility index (Phi) is 4.15. The number of nitrogens with zero attached hydrogens (tertiary/aromatic N) is 1. The van der Waals surface area contributed by atoms with Crippen LogP contribution >= 0.6 is 11.3 Å². The molecular weight excluding hydrogens is 240 g/mol. The average molecular weight is 260 g/mol. The number of rotatable bonds is 4. The van der Waals surface area contributed by atoms with Gasteiger partial charge in [-0.25, -0.2) is 4.98 Å². The topological polar surface area (TPSA) is 24.9 Å². The zero-order valence-electron chi connectivity index (χ0n) is 11.4. The van der Waals surface area contributed by atoms with Crippen molar-refractivity contribution < 1.29 is 0 Å². The highest BCUT2D eigenvalue weighted by Crippen LogP contribution is 2.22. The van der Waals surface area contributed by atoms with Crippen LogP contribution in [-0.2, 0) is 0 Å². The van der Waals surface area contributed by atoms with E-state index in [-0.39, 0.29) is 0 Å².